The summed E-state index contributed by atoms with van der Waals surface area (Å²) < 4.78 is 1.63. The number of nitrogens with zero attached hydrogens (tertiary/aromatic N) is 5. The number of rotatable bonds is 2. The lowest BCUT2D eigenvalue weighted by Gasteiger charge is -2.18. The fraction of sp³-hybridized carbons (Fsp3) is 0.389. The summed E-state index contributed by atoms with van der Waals surface area (Å²) in [5.74, 6) is -1.60. The molecule has 2 saturated heterocycles. The Hall–Kier alpha value is -3.03. The molecule has 0 aliphatic carbocycles. The number of fused-ring (bicyclic) bond motifs is 1. The Labute approximate surface area is 150 Å². The van der Waals surface area contributed by atoms with Gasteiger partial charge in [-0.1, -0.05) is 17.3 Å². The van der Waals surface area contributed by atoms with Crippen molar-refractivity contribution in [1.82, 2.24) is 24.8 Å². The molecule has 0 unspecified atom stereocenters. The molecule has 3 amide bonds. The monoisotopic (exact) mass is 353 g/mol. The van der Waals surface area contributed by atoms with E-state index in [0.717, 1.165) is 16.2 Å². The highest BCUT2D eigenvalue weighted by molar-refractivity contribution is 6.06. The number of amides is 3. The first-order chi connectivity index (χ1) is 12.4. The molecule has 2 atom stereocenters. The number of likely N-dealkylation sites (tertiary alicyclic amines) is 2. The minimum Gasteiger partial charge on any atom is -0.336 e. The summed E-state index contributed by atoms with van der Waals surface area (Å²) in [6.45, 7) is 4.26. The third-order valence-corrected chi connectivity index (χ3v) is 5.25. The van der Waals surface area contributed by atoms with Gasteiger partial charge >= 0.3 is 0 Å². The van der Waals surface area contributed by atoms with Crippen molar-refractivity contribution in [3.8, 4) is 5.69 Å². The Bertz CT molecular complexity index is 911. The summed E-state index contributed by atoms with van der Waals surface area (Å²) in [4.78, 5) is 39.8. The van der Waals surface area contributed by atoms with Gasteiger partial charge in [-0.25, -0.2) is 4.68 Å². The predicted octanol–water partition coefficient (Wildman–Crippen LogP) is 0.571. The van der Waals surface area contributed by atoms with Crippen LogP contribution in [0.15, 0.2) is 24.3 Å². The molecular formula is C18H19N5O3. The van der Waals surface area contributed by atoms with Crippen molar-refractivity contribution < 1.29 is 14.4 Å². The van der Waals surface area contributed by atoms with Gasteiger partial charge in [0.25, 0.3) is 5.91 Å². The van der Waals surface area contributed by atoms with E-state index >= 15 is 0 Å². The summed E-state index contributed by atoms with van der Waals surface area (Å²) >= 11 is 0. The van der Waals surface area contributed by atoms with Crippen molar-refractivity contribution in [2.75, 3.05) is 20.1 Å². The number of aromatic nitrogens is 3. The largest absolute Gasteiger partial charge is 0.336 e. The van der Waals surface area contributed by atoms with Crippen LogP contribution < -0.4 is 0 Å². The number of benzene rings is 1. The van der Waals surface area contributed by atoms with E-state index in [-0.39, 0.29) is 36.5 Å². The molecule has 2 aromatic rings. The standard InChI is InChI=1S/C18H19N5O3/c1-10-5-4-6-12(7-10)23-11(2)15(19-20-23)18(26)22-8-13-14(9-22)17(25)21(3)16(13)24/h4-7,13-14H,8-9H2,1-3H3/t13-,14+. The lowest BCUT2D eigenvalue weighted by Crippen LogP contribution is -2.36. The Balaban J connectivity index is 1.59. The van der Waals surface area contributed by atoms with Crippen molar-refractivity contribution in [2.24, 2.45) is 11.8 Å². The minimum atomic E-state index is -0.441. The van der Waals surface area contributed by atoms with Crippen LogP contribution in [0, 0.1) is 25.7 Å². The molecule has 8 heteroatoms. The highest BCUT2D eigenvalue weighted by Gasteiger charge is 2.52. The van der Waals surface area contributed by atoms with Crippen molar-refractivity contribution in [1.29, 1.82) is 0 Å². The molecule has 0 spiro atoms. The van der Waals surface area contributed by atoms with Gasteiger partial charge in [-0.15, -0.1) is 5.10 Å². The highest BCUT2D eigenvalue weighted by Crippen LogP contribution is 2.33. The molecule has 0 saturated carbocycles. The fourth-order valence-electron chi connectivity index (χ4n) is 3.76. The first-order valence-electron chi connectivity index (χ1n) is 8.48. The molecule has 0 radical (unpaired) electrons. The summed E-state index contributed by atoms with van der Waals surface area (Å²) in [7, 11) is 1.49. The van der Waals surface area contributed by atoms with E-state index in [9.17, 15) is 14.4 Å². The van der Waals surface area contributed by atoms with Gasteiger partial charge in [0, 0.05) is 20.1 Å². The maximum Gasteiger partial charge on any atom is 0.276 e. The van der Waals surface area contributed by atoms with E-state index in [1.807, 2.05) is 31.2 Å². The molecule has 3 heterocycles. The summed E-state index contributed by atoms with van der Waals surface area (Å²) in [6, 6.07) is 7.76. The molecule has 0 bridgehead atoms. The zero-order valence-corrected chi connectivity index (χ0v) is 14.8. The van der Waals surface area contributed by atoms with Gasteiger partial charge in [0.1, 0.15) is 0 Å². The van der Waals surface area contributed by atoms with Crippen LogP contribution in [0.5, 0.6) is 0 Å². The topological polar surface area (TPSA) is 88.4 Å². The van der Waals surface area contributed by atoms with E-state index in [4.69, 9.17) is 0 Å². The average molecular weight is 353 g/mol. The summed E-state index contributed by atoms with van der Waals surface area (Å²) in [5.41, 5.74) is 2.80. The van der Waals surface area contributed by atoms with Gasteiger partial charge in [0.05, 0.1) is 23.2 Å². The lowest BCUT2D eigenvalue weighted by atomic mass is 10.00. The first kappa shape index (κ1) is 16.4. The number of carbonyl (C=O) groups is 3. The van der Waals surface area contributed by atoms with Gasteiger partial charge < -0.3 is 4.90 Å². The van der Waals surface area contributed by atoms with Crippen molar-refractivity contribution in [2.45, 2.75) is 13.8 Å². The molecule has 0 N–H and O–H groups in total. The Kier molecular flexibility index (Phi) is 3.64. The Morgan fingerprint density at radius 3 is 2.38 bits per heavy atom. The second-order valence-electron chi connectivity index (χ2n) is 6.93. The minimum absolute atomic E-state index is 0.213. The highest BCUT2D eigenvalue weighted by atomic mass is 16.2. The Morgan fingerprint density at radius 2 is 1.77 bits per heavy atom. The van der Waals surface area contributed by atoms with Crippen LogP contribution in [-0.4, -0.2) is 62.7 Å². The molecule has 26 heavy (non-hydrogen) atoms. The molecule has 134 valence electrons. The van der Waals surface area contributed by atoms with Gasteiger partial charge in [0.2, 0.25) is 11.8 Å². The maximum atomic E-state index is 12.9. The number of aryl methyl sites for hydroxylation is 1. The average Bonchev–Trinajstić information content (AvgIpc) is 3.27. The smallest absolute Gasteiger partial charge is 0.276 e. The van der Waals surface area contributed by atoms with Gasteiger partial charge in [0.15, 0.2) is 5.69 Å². The van der Waals surface area contributed by atoms with Crippen molar-refractivity contribution in [3.63, 3.8) is 0 Å². The van der Waals surface area contributed by atoms with Crippen LogP contribution in [0.4, 0.5) is 0 Å². The SMILES string of the molecule is Cc1cccc(-n2nnc(C(=O)N3C[C@@H]4C(=O)N(C)C(=O)[C@@H]4C3)c2C)c1. The van der Waals surface area contributed by atoms with Gasteiger partial charge in [-0.05, 0) is 31.5 Å². The van der Waals surface area contributed by atoms with Gasteiger partial charge in [-0.2, -0.15) is 0 Å². The van der Waals surface area contributed by atoms with Gasteiger partial charge in [-0.3, -0.25) is 19.3 Å². The van der Waals surface area contributed by atoms with Crippen LogP contribution in [0.25, 0.3) is 5.69 Å². The normalized spacial score (nSPS) is 22.3. The molecule has 4 rings (SSSR count). The van der Waals surface area contributed by atoms with E-state index in [0.29, 0.717) is 5.69 Å². The van der Waals surface area contributed by atoms with Crippen molar-refractivity contribution >= 4 is 17.7 Å². The second-order valence-corrected chi connectivity index (χ2v) is 6.93. The molecule has 2 aliphatic heterocycles. The number of hydrogen-bond acceptors (Lipinski definition) is 5. The molecule has 2 aliphatic rings. The fourth-order valence-corrected chi connectivity index (χ4v) is 3.76. The van der Waals surface area contributed by atoms with E-state index in [1.165, 1.54) is 11.9 Å². The van der Waals surface area contributed by atoms with Crippen LogP contribution >= 0.6 is 0 Å². The van der Waals surface area contributed by atoms with Crippen molar-refractivity contribution in [3.05, 3.63) is 41.2 Å². The summed E-state index contributed by atoms with van der Waals surface area (Å²) in [6.07, 6.45) is 0. The number of hydrogen-bond donors (Lipinski definition) is 0. The van der Waals surface area contributed by atoms with Crippen LogP contribution in [0.2, 0.25) is 0 Å². The molecule has 1 aromatic heterocycles. The summed E-state index contributed by atoms with van der Waals surface area (Å²) in [5, 5.41) is 8.17. The predicted molar refractivity (Wildman–Crippen MR) is 91.5 cm³/mol. The Morgan fingerprint density at radius 1 is 1.12 bits per heavy atom. The van der Waals surface area contributed by atoms with E-state index in [1.54, 1.807) is 11.6 Å². The zero-order valence-electron chi connectivity index (χ0n) is 14.8. The van der Waals surface area contributed by atoms with Crippen LogP contribution in [-0.2, 0) is 9.59 Å². The van der Waals surface area contributed by atoms with E-state index in [2.05, 4.69) is 10.3 Å². The molecular weight excluding hydrogens is 334 g/mol. The molecule has 2 fully saturated rings. The lowest BCUT2D eigenvalue weighted by molar-refractivity contribution is -0.138. The van der Waals surface area contributed by atoms with Crippen LogP contribution in [0.1, 0.15) is 21.7 Å². The number of imide groups is 1. The third kappa shape index (κ3) is 2.33. The van der Waals surface area contributed by atoms with E-state index < -0.39 is 11.8 Å². The maximum absolute atomic E-state index is 12.9. The molecule has 1 aromatic carbocycles. The molecule has 8 nitrogen and oxygen atoms in total. The number of carbonyl (C=O) groups excluding carboxylic acids is 3. The zero-order chi connectivity index (χ0) is 18.6. The van der Waals surface area contributed by atoms with Crippen LogP contribution in [0.3, 0.4) is 0 Å². The first-order valence-corrected chi connectivity index (χ1v) is 8.48. The third-order valence-electron chi connectivity index (χ3n) is 5.25. The second kappa shape index (κ2) is 5.76. The quantitative estimate of drug-likeness (QED) is 0.737.